The second-order valence-corrected chi connectivity index (χ2v) is 4.74. The molecule has 0 saturated carbocycles. The number of nitrogen functional groups attached to an aromatic ring is 1. The van der Waals surface area contributed by atoms with Crippen molar-refractivity contribution >= 4 is 11.6 Å². The summed E-state index contributed by atoms with van der Waals surface area (Å²) in [5, 5.41) is 0. The minimum atomic E-state index is -0.0613. The highest BCUT2D eigenvalue weighted by Crippen LogP contribution is 2.22. The second-order valence-electron chi connectivity index (χ2n) is 4.74. The first-order valence-electron chi connectivity index (χ1n) is 6.46. The molecule has 1 saturated heterocycles. The maximum absolute atomic E-state index is 12.5. The van der Waals surface area contributed by atoms with Gasteiger partial charge in [0.15, 0.2) is 0 Å². The van der Waals surface area contributed by atoms with Crippen molar-refractivity contribution in [2.24, 2.45) is 0 Å². The maximum Gasteiger partial charge on any atom is 0.256 e. The van der Waals surface area contributed by atoms with Gasteiger partial charge in [-0.25, -0.2) is 0 Å². The molecule has 0 bridgehead atoms. The van der Waals surface area contributed by atoms with Crippen LogP contribution in [0.4, 0.5) is 5.69 Å². The van der Waals surface area contributed by atoms with Gasteiger partial charge in [-0.2, -0.15) is 0 Å². The topological polar surface area (TPSA) is 64.8 Å². The molecule has 0 spiro atoms. The van der Waals surface area contributed by atoms with Crippen LogP contribution in [0.3, 0.4) is 0 Å². The lowest BCUT2D eigenvalue weighted by Crippen LogP contribution is -2.36. The number of methoxy groups -OCH3 is 1. The molecule has 5 heteroatoms. The van der Waals surface area contributed by atoms with Gasteiger partial charge < -0.3 is 20.1 Å². The highest BCUT2D eigenvalue weighted by atomic mass is 16.5. The van der Waals surface area contributed by atoms with Gasteiger partial charge in [-0.15, -0.1) is 0 Å². The summed E-state index contributed by atoms with van der Waals surface area (Å²) in [6, 6.07) is 5.14. The van der Waals surface area contributed by atoms with Crippen molar-refractivity contribution in [2.45, 2.75) is 19.4 Å². The largest absolute Gasteiger partial charge is 0.497 e. The Morgan fingerprint density at radius 1 is 1.53 bits per heavy atom. The molecule has 1 fully saturated rings. The molecule has 1 aliphatic rings. The van der Waals surface area contributed by atoms with E-state index in [9.17, 15) is 4.79 Å². The quantitative estimate of drug-likeness (QED) is 0.823. The third kappa shape index (κ3) is 3.17. The molecule has 1 amide bonds. The van der Waals surface area contributed by atoms with Gasteiger partial charge in [-0.05, 0) is 31.5 Å². The molecule has 1 aromatic carbocycles. The zero-order valence-corrected chi connectivity index (χ0v) is 11.4. The Labute approximate surface area is 113 Å². The Bertz CT molecular complexity index is 462. The number of carbonyl (C=O) groups is 1. The summed E-state index contributed by atoms with van der Waals surface area (Å²) in [6.45, 7) is 3.95. The van der Waals surface area contributed by atoms with Gasteiger partial charge in [0.25, 0.3) is 5.91 Å². The van der Waals surface area contributed by atoms with Crippen LogP contribution in [0.1, 0.15) is 23.7 Å². The monoisotopic (exact) mass is 264 g/mol. The van der Waals surface area contributed by atoms with Crippen molar-refractivity contribution < 1.29 is 14.3 Å². The Balaban J connectivity index is 2.22. The van der Waals surface area contributed by atoms with Crippen molar-refractivity contribution in [2.75, 3.05) is 32.5 Å². The maximum atomic E-state index is 12.5. The highest BCUT2D eigenvalue weighted by Gasteiger charge is 2.22. The fourth-order valence-electron chi connectivity index (χ4n) is 2.20. The summed E-state index contributed by atoms with van der Waals surface area (Å²) in [5.41, 5.74) is 6.86. The lowest BCUT2D eigenvalue weighted by atomic mass is 10.1. The van der Waals surface area contributed by atoms with Crippen LogP contribution in [-0.2, 0) is 4.74 Å². The lowest BCUT2D eigenvalue weighted by Gasteiger charge is -2.23. The number of benzene rings is 1. The third-order valence-corrected chi connectivity index (χ3v) is 3.23. The minimum Gasteiger partial charge on any atom is -0.497 e. The molecule has 1 atom stereocenters. The second kappa shape index (κ2) is 5.93. The molecule has 1 unspecified atom stereocenters. The van der Waals surface area contributed by atoms with E-state index in [1.54, 1.807) is 30.2 Å². The number of amides is 1. The summed E-state index contributed by atoms with van der Waals surface area (Å²) >= 11 is 0. The lowest BCUT2D eigenvalue weighted by molar-refractivity contribution is 0.0563. The van der Waals surface area contributed by atoms with Gasteiger partial charge in [-0.3, -0.25) is 4.79 Å². The molecular formula is C14H20N2O3. The van der Waals surface area contributed by atoms with E-state index in [0.29, 0.717) is 36.7 Å². The average molecular weight is 264 g/mol. The number of anilines is 1. The summed E-state index contributed by atoms with van der Waals surface area (Å²) < 4.78 is 10.7. The molecule has 104 valence electrons. The van der Waals surface area contributed by atoms with Crippen LogP contribution in [0, 0.1) is 0 Å². The molecule has 0 aromatic heterocycles. The highest BCUT2D eigenvalue weighted by molar-refractivity contribution is 5.99. The van der Waals surface area contributed by atoms with E-state index in [0.717, 1.165) is 6.42 Å². The van der Waals surface area contributed by atoms with Gasteiger partial charge in [0.2, 0.25) is 0 Å². The average Bonchev–Trinajstić information content (AvgIpc) is 2.63. The van der Waals surface area contributed by atoms with E-state index in [-0.39, 0.29) is 12.0 Å². The molecule has 1 aliphatic heterocycles. The fourth-order valence-corrected chi connectivity index (χ4v) is 2.20. The van der Waals surface area contributed by atoms with E-state index in [1.165, 1.54) is 0 Å². The molecule has 2 rings (SSSR count). The van der Waals surface area contributed by atoms with Crippen LogP contribution in [0.15, 0.2) is 18.2 Å². The van der Waals surface area contributed by atoms with Gasteiger partial charge in [0, 0.05) is 25.4 Å². The fraction of sp³-hybridized carbons (Fsp3) is 0.500. The van der Waals surface area contributed by atoms with Crippen LogP contribution in [0.2, 0.25) is 0 Å². The van der Waals surface area contributed by atoms with Crippen molar-refractivity contribution in [3.63, 3.8) is 0 Å². The molecule has 0 radical (unpaired) electrons. The Morgan fingerprint density at radius 3 is 3.05 bits per heavy atom. The van der Waals surface area contributed by atoms with Crippen molar-refractivity contribution in [1.29, 1.82) is 0 Å². The van der Waals surface area contributed by atoms with Gasteiger partial charge in [0.1, 0.15) is 5.75 Å². The number of rotatable bonds is 2. The van der Waals surface area contributed by atoms with Gasteiger partial charge in [0.05, 0.1) is 18.8 Å². The number of nitrogens with zero attached hydrogens (tertiary/aromatic N) is 1. The van der Waals surface area contributed by atoms with Crippen LogP contribution < -0.4 is 10.5 Å². The summed E-state index contributed by atoms with van der Waals surface area (Å²) in [6.07, 6.45) is 0.901. The van der Waals surface area contributed by atoms with Crippen molar-refractivity contribution in [3.8, 4) is 5.75 Å². The van der Waals surface area contributed by atoms with Crippen molar-refractivity contribution in [1.82, 2.24) is 4.90 Å². The number of ether oxygens (including phenoxy) is 2. The van der Waals surface area contributed by atoms with E-state index in [2.05, 4.69) is 0 Å². The van der Waals surface area contributed by atoms with E-state index in [1.807, 2.05) is 6.92 Å². The molecule has 0 aliphatic carbocycles. The zero-order chi connectivity index (χ0) is 13.8. The third-order valence-electron chi connectivity index (χ3n) is 3.23. The first kappa shape index (κ1) is 13.7. The minimum absolute atomic E-state index is 0.0540. The van der Waals surface area contributed by atoms with E-state index in [4.69, 9.17) is 15.2 Å². The predicted molar refractivity (Wildman–Crippen MR) is 73.3 cm³/mol. The molecule has 5 nitrogen and oxygen atoms in total. The molecule has 1 heterocycles. The van der Waals surface area contributed by atoms with Crippen LogP contribution in [-0.4, -0.2) is 43.7 Å². The zero-order valence-electron chi connectivity index (χ0n) is 11.4. The molecule has 19 heavy (non-hydrogen) atoms. The standard InChI is InChI=1S/C14H20N2O3/c1-10-9-16(6-3-7-19-10)14(17)12-8-11(18-2)4-5-13(12)15/h4-5,8,10H,3,6-7,9,15H2,1-2H3. The smallest absolute Gasteiger partial charge is 0.256 e. The van der Waals surface area contributed by atoms with Crippen molar-refractivity contribution in [3.05, 3.63) is 23.8 Å². The van der Waals surface area contributed by atoms with Crippen LogP contribution in [0.5, 0.6) is 5.75 Å². The SMILES string of the molecule is COc1ccc(N)c(C(=O)N2CCCOC(C)C2)c1. The Morgan fingerprint density at radius 2 is 2.32 bits per heavy atom. The number of hydrogen-bond donors (Lipinski definition) is 1. The van der Waals surface area contributed by atoms with E-state index < -0.39 is 0 Å². The number of hydrogen-bond acceptors (Lipinski definition) is 4. The molecular weight excluding hydrogens is 244 g/mol. The van der Waals surface area contributed by atoms with Crippen LogP contribution >= 0.6 is 0 Å². The summed E-state index contributed by atoms with van der Waals surface area (Å²) in [5.74, 6) is 0.574. The first-order chi connectivity index (χ1) is 9.11. The normalized spacial score (nSPS) is 19.9. The Hall–Kier alpha value is -1.75. The molecule has 2 N–H and O–H groups in total. The Kier molecular flexibility index (Phi) is 4.27. The van der Waals surface area contributed by atoms with Crippen LogP contribution in [0.25, 0.3) is 0 Å². The van der Waals surface area contributed by atoms with Gasteiger partial charge in [-0.1, -0.05) is 0 Å². The number of carbonyl (C=O) groups excluding carboxylic acids is 1. The van der Waals surface area contributed by atoms with E-state index >= 15 is 0 Å². The first-order valence-corrected chi connectivity index (χ1v) is 6.46. The molecule has 1 aromatic rings. The summed E-state index contributed by atoms with van der Waals surface area (Å²) in [4.78, 5) is 14.3. The predicted octanol–water partition coefficient (Wildman–Crippen LogP) is 1.53. The van der Waals surface area contributed by atoms with Gasteiger partial charge >= 0.3 is 0 Å². The number of nitrogens with two attached hydrogens (primary N) is 1. The summed E-state index contributed by atoms with van der Waals surface area (Å²) in [7, 11) is 1.57.